The second-order valence-electron chi connectivity index (χ2n) is 5.08. The molecule has 1 heterocycles. The van der Waals surface area contributed by atoms with Crippen LogP contribution in [-0.2, 0) is 6.42 Å². The SMILES string of the molecule is CC[C@H](C)[C@@H](CO)NCC1=CCc2c(N)ncnc21. The molecule has 0 fully saturated rings. The van der Waals surface area contributed by atoms with Crippen LogP contribution in [0.15, 0.2) is 12.4 Å². The molecule has 5 nitrogen and oxygen atoms in total. The van der Waals surface area contributed by atoms with Crippen molar-refractivity contribution in [1.82, 2.24) is 15.3 Å². The Labute approximate surface area is 114 Å². The maximum absolute atomic E-state index is 9.41. The topological polar surface area (TPSA) is 84.1 Å². The number of nitrogens with two attached hydrogens (primary N) is 1. The van der Waals surface area contributed by atoms with Crippen LogP contribution in [0.4, 0.5) is 5.82 Å². The van der Waals surface area contributed by atoms with Gasteiger partial charge in [-0.2, -0.15) is 0 Å². The largest absolute Gasteiger partial charge is 0.395 e. The van der Waals surface area contributed by atoms with Crippen LogP contribution >= 0.6 is 0 Å². The Hall–Kier alpha value is -1.46. The van der Waals surface area contributed by atoms with Gasteiger partial charge in [0, 0.05) is 18.2 Å². The third-order valence-corrected chi connectivity index (χ3v) is 3.92. The molecule has 0 aromatic carbocycles. The van der Waals surface area contributed by atoms with E-state index in [0.717, 1.165) is 29.7 Å². The lowest BCUT2D eigenvalue weighted by Gasteiger charge is -2.22. The zero-order valence-electron chi connectivity index (χ0n) is 11.6. The number of aliphatic hydroxyl groups excluding tert-OH is 1. The van der Waals surface area contributed by atoms with Crippen molar-refractivity contribution in [2.24, 2.45) is 5.92 Å². The molecule has 1 aromatic rings. The number of rotatable bonds is 6. The van der Waals surface area contributed by atoms with Crippen molar-refractivity contribution in [3.8, 4) is 0 Å². The fourth-order valence-electron chi connectivity index (χ4n) is 2.35. The number of hydrogen-bond acceptors (Lipinski definition) is 5. The first-order valence-electron chi connectivity index (χ1n) is 6.80. The smallest absolute Gasteiger partial charge is 0.130 e. The summed E-state index contributed by atoms with van der Waals surface area (Å²) in [4.78, 5) is 8.32. The summed E-state index contributed by atoms with van der Waals surface area (Å²) in [6.45, 7) is 5.14. The molecule has 5 heteroatoms. The molecule has 0 spiro atoms. The van der Waals surface area contributed by atoms with Gasteiger partial charge >= 0.3 is 0 Å². The molecule has 1 aliphatic rings. The van der Waals surface area contributed by atoms with Gasteiger partial charge in [0.25, 0.3) is 0 Å². The van der Waals surface area contributed by atoms with Gasteiger partial charge in [-0.05, 0) is 17.9 Å². The molecule has 0 bridgehead atoms. The number of fused-ring (bicyclic) bond motifs is 1. The first-order chi connectivity index (χ1) is 9.17. The zero-order valence-corrected chi connectivity index (χ0v) is 11.6. The summed E-state index contributed by atoms with van der Waals surface area (Å²) in [5.41, 5.74) is 8.95. The summed E-state index contributed by atoms with van der Waals surface area (Å²) in [6, 6.07) is 0.120. The third kappa shape index (κ3) is 2.93. The van der Waals surface area contributed by atoms with E-state index in [-0.39, 0.29) is 12.6 Å². The maximum atomic E-state index is 9.41. The van der Waals surface area contributed by atoms with Crippen LogP contribution in [0, 0.1) is 5.92 Å². The molecule has 2 rings (SSSR count). The van der Waals surface area contributed by atoms with Crippen LogP contribution in [0.2, 0.25) is 0 Å². The van der Waals surface area contributed by atoms with Crippen molar-refractivity contribution in [2.75, 3.05) is 18.9 Å². The van der Waals surface area contributed by atoms with Crippen LogP contribution < -0.4 is 11.1 Å². The van der Waals surface area contributed by atoms with Crippen molar-refractivity contribution in [2.45, 2.75) is 32.7 Å². The minimum absolute atomic E-state index is 0.120. The summed E-state index contributed by atoms with van der Waals surface area (Å²) in [5.74, 6) is 1.01. The monoisotopic (exact) mass is 262 g/mol. The van der Waals surface area contributed by atoms with E-state index in [1.807, 2.05) is 0 Å². The predicted octanol–water partition coefficient (Wildman–Crippen LogP) is 0.995. The number of nitrogens with zero attached hydrogens (tertiary/aromatic N) is 2. The molecule has 0 radical (unpaired) electrons. The average molecular weight is 262 g/mol. The minimum atomic E-state index is 0.120. The van der Waals surface area contributed by atoms with Gasteiger partial charge in [-0.3, -0.25) is 0 Å². The van der Waals surface area contributed by atoms with Gasteiger partial charge in [-0.25, -0.2) is 9.97 Å². The molecular formula is C14H22N4O. The lowest BCUT2D eigenvalue weighted by Crippen LogP contribution is -2.38. The first kappa shape index (κ1) is 14.0. The van der Waals surface area contributed by atoms with E-state index in [2.05, 4.69) is 35.2 Å². The molecule has 2 atom stereocenters. The van der Waals surface area contributed by atoms with Gasteiger partial charge in [0.1, 0.15) is 12.1 Å². The van der Waals surface area contributed by atoms with Gasteiger partial charge in [0.05, 0.1) is 12.3 Å². The van der Waals surface area contributed by atoms with Crippen LogP contribution in [0.3, 0.4) is 0 Å². The maximum Gasteiger partial charge on any atom is 0.130 e. The average Bonchev–Trinajstić information content (AvgIpc) is 2.84. The summed E-state index contributed by atoms with van der Waals surface area (Å²) >= 11 is 0. The summed E-state index contributed by atoms with van der Waals surface area (Å²) < 4.78 is 0. The number of nitrogen functional groups attached to an aromatic ring is 1. The summed E-state index contributed by atoms with van der Waals surface area (Å²) in [6.07, 6.45) is 5.48. The summed E-state index contributed by atoms with van der Waals surface area (Å²) in [7, 11) is 0. The van der Waals surface area contributed by atoms with Crippen molar-refractivity contribution < 1.29 is 5.11 Å². The lowest BCUT2D eigenvalue weighted by atomic mass is 9.99. The van der Waals surface area contributed by atoms with Gasteiger partial charge in [-0.15, -0.1) is 0 Å². The van der Waals surface area contributed by atoms with Crippen LogP contribution in [-0.4, -0.2) is 34.3 Å². The van der Waals surface area contributed by atoms with E-state index in [0.29, 0.717) is 18.3 Å². The van der Waals surface area contributed by atoms with Gasteiger partial charge in [0.15, 0.2) is 0 Å². The van der Waals surface area contributed by atoms with Gasteiger partial charge in [0.2, 0.25) is 0 Å². The Morgan fingerprint density at radius 1 is 1.47 bits per heavy atom. The molecule has 0 unspecified atom stereocenters. The predicted molar refractivity (Wildman–Crippen MR) is 76.5 cm³/mol. The molecule has 0 aliphatic heterocycles. The Balaban J connectivity index is 2.01. The normalized spacial score (nSPS) is 16.9. The number of aliphatic hydroxyl groups is 1. The molecule has 19 heavy (non-hydrogen) atoms. The number of allylic oxidation sites excluding steroid dienone is 1. The first-order valence-corrected chi connectivity index (χ1v) is 6.80. The van der Waals surface area contributed by atoms with Crippen molar-refractivity contribution in [3.63, 3.8) is 0 Å². The van der Waals surface area contributed by atoms with E-state index < -0.39 is 0 Å². The molecule has 0 amide bonds. The van der Waals surface area contributed by atoms with E-state index in [9.17, 15) is 5.11 Å². The number of anilines is 1. The fourth-order valence-corrected chi connectivity index (χ4v) is 2.35. The molecule has 0 saturated heterocycles. The van der Waals surface area contributed by atoms with Crippen LogP contribution in [0.1, 0.15) is 31.5 Å². The molecule has 1 aliphatic carbocycles. The van der Waals surface area contributed by atoms with Crippen molar-refractivity contribution >= 4 is 11.4 Å². The molecule has 104 valence electrons. The fraction of sp³-hybridized carbons (Fsp3) is 0.571. The highest BCUT2D eigenvalue weighted by Gasteiger charge is 2.20. The molecule has 4 N–H and O–H groups in total. The molecule has 1 aromatic heterocycles. The highest BCUT2D eigenvalue weighted by molar-refractivity contribution is 5.74. The van der Waals surface area contributed by atoms with Crippen molar-refractivity contribution in [3.05, 3.63) is 23.7 Å². The number of nitrogens with one attached hydrogen (secondary N) is 1. The van der Waals surface area contributed by atoms with Crippen molar-refractivity contribution in [1.29, 1.82) is 0 Å². The lowest BCUT2D eigenvalue weighted by molar-refractivity contribution is 0.206. The molecule has 0 saturated carbocycles. The van der Waals surface area contributed by atoms with E-state index >= 15 is 0 Å². The zero-order chi connectivity index (χ0) is 13.8. The second-order valence-corrected chi connectivity index (χ2v) is 5.08. The Kier molecular flexibility index (Phi) is 4.50. The van der Waals surface area contributed by atoms with Crippen LogP contribution in [0.25, 0.3) is 5.57 Å². The second kappa shape index (κ2) is 6.12. The molecular weight excluding hydrogens is 240 g/mol. The Morgan fingerprint density at radius 3 is 2.95 bits per heavy atom. The van der Waals surface area contributed by atoms with E-state index in [1.54, 1.807) is 0 Å². The van der Waals surface area contributed by atoms with Crippen LogP contribution in [0.5, 0.6) is 0 Å². The third-order valence-electron chi connectivity index (χ3n) is 3.92. The van der Waals surface area contributed by atoms with Gasteiger partial charge in [-0.1, -0.05) is 26.3 Å². The Bertz CT molecular complexity index is 473. The van der Waals surface area contributed by atoms with E-state index in [4.69, 9.17) is 5.73 Å². The Morgan fingerprint density at radius 2 is 2.26 bits per heavy atom. The highest BCUT2D eigenvalue weighted by atomic mass is 16.3. The minimum Gasteiger partial charge on any atom is -0.395 e. The highest BCUT2D eigenvalue weighted by Crippen LogP contribution is 2.27. The summed E-state index contributed by atoms with van der Waals surface area (Å²) in [5, 5.41) is 12.8. The van der Waals surface area contributed by atoms with E-state index in [1.165, 1.54) is 6.33 Å². The van der Waals surface area contributed by atoms with Gasteiger partial charge < -0.3 is 16.2 Å². The quantitative estimate of drug-likeness (QED) is 0.712. The number of aromatic nitrogens is 2. The standard InChI is InChI=1S/C14H22N4O/c1-3-9(2)12(7-19)16-6-10-4-5-11-13(10)17-8-18-14(11)15/h4,8-9,12,16,19H,3,5-7H2,1-2H3,(H2,15,17,18)/t9-,12+/m0/s1. The number of hydrogen-bond donors (Lipinski definition) is 3.